The van der Waals surface area contributed by atoms with Crippen molar-refractivity contribution in [2.24, 2.45) is 0 Å². The molecule has 0 radical (unpaired) electrons. The van der Waals surface area contributed by atoms with Crippen LogP contribution >= 0.6 is 0 Å². The maximum atomic E-state index is 9.06. The second kappa shape index (κ2) is 8.94. The van der Waals surface area contributed by atoms with Crippen LogP contribution in [0.2, 0.25) is 0 Å². The van der Waals surface area contributed by atoms with Crippen LogP contribution in [0.3, 0.4) is 0 Å². The van der Waals surface area contributed by atoms with Gasteiger partial charge in [0, 0.05) is 0 Å². The van der Waals surface area contributed by atoms with Crippen LogP contribution in [-0.2, 0) is 9.59 Å². The molecule has 0 aliphatic rings. The Bertz CT molecular complexity index is 45.0. The van der Waals surface area contributed by atoms with Crippen LogP contribution in [0.4, 0.5) is 0 Å². The van der Waals surface area contributed by atoms with E-state index in [1.807, 2.05) is 0 Å². The maximum Gasteiger partial charge on any atom is 1.00 e. The Kier molecular flexibility index (Phi) is 14.1. The summed E-state index contributed by atoms with van der Waals surface area (Å²) in [6.07, 6.45) is 0.625. The Morgan fingerprint density at radius 3 is 1.67 bits per heavy atom. The van der Waals surface area contributed by atoms with E-state index < -0.39 is 0 Å². The zero-order valence-electron chi connectivity index (χ0n) is 4.47. The first-order valence-electron chi connectivity index (χ1n) is 1.05. The number of hydrogen-bond acceptors (Lipinski definition) is 2. The molecule has 0 fully saturated rings. The fraction of sp³-hybridized carbons (Fsp3) is 0. The van der Waals surface area contributed by atoms with Crippen molar-refractivity contribution >= 4 is 12.8 Å². The van der Waals surface area contributed by atoms with Gasteiger partial charge in [-0.15, -0.1) is 0 Å². The van der Waals surface area contributed by atoms with Crippen LogP contribution in [-0.4, -0.2) is 12.8 Å². The largest absolute Gasteiger partial charge is 1.00 e. The van der Waals surface area contributed by atoms with Gasteiger partial charge >= 0.3 is 29.6 Å². The summed E-state index contributed by atoms with van der Waals surface area (Å²) in [7, 11) is 0. The molecule has 0 spiro atoms. The molecule has 0 atom stereocenters. The van der Waals surface area contributed by atoms with Crippen LogP contribution in [0.1, 0.15) is 1.43 Å². The molecule has 0 heterocycles. The molecule has 2 amide bonds. The van der Waals surface area contributed by atoms with Crippen molar-refractivity contribution in [2.45, 2.75) is 0 Å². The molecule has 0 saturated heterocycles. The van der Waals surface area contributed by atoms with Crippen LogP contribution in [0.5, 0.6) is 0 Å². The molecule has 0 unspecified atom stereocenters. The van der Waals surface area contributed by atoms with Crippen molar-refractivity contribution in [3.63, 3.8) is 0 Å². The minimum atomic E-state index is 0. The first-order valence-corrected chi connectivity index (χ1v) is 1.05. The van der Waals surface area contributed by atoms with E-state index in [0.717, 1.165) is 0 Å². The SMILES string of the molecule is O=CNC=O.[H-].[Na+]. The van der Waals surface area contributed by atoms with Gasteiger partial charge in [-0.2, -0.15) is 0 Å². The minimum Gasteiger partial charge on any atom is -1.00 e. The van der Waals surface area contributed by atoms with Crippen molar-refractivity contribution in [1.82, 2.24) is 5.32 Å². The molecule has 6 heavy (non-hydrogen) atoms. The van der Waals surface area contributed by atoms with E-state index in [0.29, 0.717) is 12.8 Å². The number of hydrogen-bond donors (Lipinski definition) is 1. The predicted octanol–water partition coefficient (Wildman–Crippen LogP) is -3.99. The van der Waals surface area contributed by atoms with Crippen LogP contribution in [0.25, 0.3) is 0 Å². The van der Waals surface area contributed by atoms with Crippen molar-refractivity contribution < 1.29 is 40.6 Å². The number of amides is 2. The zero-order chi connectivity index (χ0) is 4.12. The molecule has 30 valence electrons. The van der Waals surface area contributed by atoms with E-state index in [4.69, 9.17) is 9.59 Å². The number of carbonyl (C=O) groups is 2. The third kappa shape index (κ3) is 8.91. The van der Waals surface area contributed by atoms with E-state index in [1.165, 1.54) is 0 Å². The summed E-state index contributed by atoms with van der Waals surface area (Å²) < 4.78 is 0. The molecule has 0 aromatic heterocycles. The summed E-state index contributed by atoms with van der Waals surface area (Å²) in [5, 5.41) is 1.75. The first-order chi connectivity index (χ1) is 2.41. The molecule has 0 aromatic carbocycles. The fourth-order valence-corrected chi connectivity index (χ4v) is 0.0278. The Balaban J connectivity index is -0.0000000800. The van der Waals surface area contributed by atoms with E-state index in [9.17, 15) is 0 Å². The van der Waals surface area contributed by atoms with E-state index in [2.05, 4.69) is 0 Å². The standard InChI is InChI=1S/C2H3NO2.Na.H/c4-1-3-2-5;;/h1-2H,(H,3,4,5);;/q;+1;-1. The van der Waals surface area contributed by atoms with Crippen LogP contribution in [0, 0.1) is 0 Å². The van der Waals surface area contributed by atoms with Crippen molar-refractivity contribution in [3.8, 4) is 0 Å². The Morgan fingerprint density at radius 2 is 1.67 bits per heavy atom. The number of rotatable bonds is 2. The van der Waals surface area contributed by atoms with Gasteiger partial charge in [-0.05, 0) is 0 Å². The van der Waals surface area contributed by atoms with Gasteiger partial charge in [-0.3, -0.25) is 9.59 Å². The van der Waals surface area contributed by atoms with Crippen LogP contribution < -0.4 is 34.9 Å². The quantitative estimate of drug-likeness (QED) is 0.282. The smallest absolute Gasteiger partial charge is 1.00 e. The molecule has 0 aliphatic carbocycles. The molecule has 0 bridgehead atoms. The van der Waals surface area contributed by atoms with Gasteiger partial charge in [-0.25, -0.2) is 0 Å². The first kappa shape index (κ1) is 9.46. The van der Waals surface area contributed by atoms with Gasteiger partial charge in [0.25, 0.3) is 0 Å². The van der Waals surface area contributed by atoms with Gasteiger partial charge in [-0.1, -0.05) is 0 Å². The third-order valence-corrected chi connectivity index (χ3v) is 0.136. The van der Waals surface area contributed by atoms with Crippen molar-refractivity contribution in [2.75, 3.05) is 0 Å². The van der Waals surface area contributed by atoms with E-state index >= 15 is 0 Å². The van der Waals surface area contributed by atoms with Crippen molar-refractivity contribution in [1.29, 1.82) is 0 Å². The predicted molar refractivity (Wildman–Crippen MR) is 16.4 cm³/mol. The van der Waals surface area contributed by atoms with Gasteiger partial charge in [0.2, 0.25) is 12.8 Å². The number of carbonyl (C=O) groups excluding carboxylic acids is 2. The summed E-state index contributed by atoms with van der Waals surface area (Å²) in [5.74, 6) is 0. The molecule has 0 saturated carbocycles. The Morgan fingerprint density at radius 1 is 1.33 bits per heavy atom. The molecular weight excluding hydrogens is 93.0 g/mol. The minimum absolute atomic E-state index is 0. The zero-order valence-corrected chi connectivity index (χ0v) is 5.47. The fourth-order valence-electron chi connectivity index (χ4n) is 0.0278. The van der Waals surface area contributed by atoms with Crippen LogP contribution in [0.15, 0.2) is 0 Å². The Labute approximate surface area is 58.9 Å². The summed E-state index contributed by atoms with van der Waals surface area (Å²) in [5.41, 5.74) is 0. The van der Waals surface area contributed by atoms with Gasteiger partial charge < -0.3 is 6.74 Å². The molecule has 3 nitrogen and oxygen atoms in total. The molecule has 0 rings (SSSR count). The molecule has 0 aromatic rings. The number of nitrogens with one attached hydrogen (secondary N) is 1. The van der Waals surface area contributed by atoms with Gasteiger partial charge in [0.15, 0.2) is 0 Å². The average molecular weight is 97.0 g/mol. The average Bonchev–Trinajstić information content (AvgIpc) is 1.41. The van der Waals surface area contributed by atoms with Gasteiger partial charge in [0.1, 0.15) is 0 Å². The normalized spacial score (nSPS) is 4.67. The van der Waals surface area contributed by atoms with Gasteiger partial charge in [0.05, 0.1) is 0 Å². The molecule has 0 aliphatic heterocycles. The third-order valence-electron chi connectivity index (χ3n) is 0.136. The molecule has 1 N–H and O–H groups in total. The molecule has 4 heteroatoms. The summed E-state index contributed by atoms with van der Waals surface area (Å²) in [4.78, 5) is 18.1. The Hall–Kier alpha value is 0.140. The second-order valence-corrected chi connectivity index (χ2v) is 0.402. The van der Waals surface area contributed by atoms with E-state index in [1.54, 1.807) is 5.32 Å². The number of imide groups is 1. The second-order valence-electron chi connectivity index (χ2n) is 0.402. The summed E-state index contributed by atoms with van der Waals surface area (Å²) in [6, 6.07) is 0. The van der Waals surface area contributed by atoms with E-state index in [-0.39, 0.29) is 31.0 Å². The molecular formula is C2H4NNaO2. The summed E-state index contributed by atoms with van der Waals surface area (Å²) >= 11 is 0. The summed E-state index contributed by atoms with van der Waals surface area (Å²) in [6.45, 7) is 0. The van der Waals surface area contributed by atoms with Crippen molar-refractivity contribution in [3.05, 3.63) is 0 Å². The topological polar surface area (TPSA) is 46.2 Å². The monoisotopic (exact) mass is 97.0 g/mol. The maximum absolute atomic E-state index is 9.06.